The summed E-state index contributed by atoms with van der Waals surface area (Å²) in [5.41, 5.74) is 0. The van der Waals surface area contributed by atoms with Gasteiger partial charge in [0.1, 0.15) is 0 Å². The van der Waals surface area contributed by atoms with E-state index in [4.69, 9.17) is 0 Å². The molecule has 1 fully saturated rings. The van der Waals surface area contributed by atoms with Crippen LogP contribution in [0.1, 0.15) is 12.8 Å². The van der Waals surface area contributed by atoms with Crippen molar-refractivity contribution in [3.05, 3.63) is 0 Å². The summed E-state index contributed by atoms with van der Waals surface area (Å²) in [4.78, 5) is 0. The third kappa shape index (κ3) is 1.12. The predicted octanol–water partition coefficient (Wildman–Crippen LogP) is -0.136. The summed E-state index contributed by atoms with van der Waals surface area (Å²) in [6.45, 7) is 1.26. The maximum atomic E-state index is 3.36. The molecule has 1 unspecified atom stereocenters. The molecule has 1 aliphatic heterocycles. The predicted molar refractivity (Wildman–Crippen MR) is 26.8 cm³/mol. The first-order chi connectivity index (χ1) is 2.89. The zero-order valence-electron chi connectivity index (χ0n) is 3.70. The minimum atomic E-state index is 0.886. The van der Waals surface area contributed by atoms with Gasteiger partial charge in [0.25, 0.3) is 0 Å². The Kier molecular flexibility index (Phi) is 1.77. The molecule has 0 aromatic carbocycles. The van der Waals surface area contributed by atoms with E-state index >= 15 is 0 Å². The van der Waals surface area contributed by atoms with Crippen LogP contribution in [-0.2, 0) is 0 Å². The van der Waals surface area contributed by atoms with Crippen LogP contribution in [0.2, 0.25) is 0 Å². The van der Waals surface area contributed by atoms with Crippen LogP contribution in [0, 0.1) is 0 Å². The molecule has 1 rings (SSSR count). The zero-order valence-corrected chi connectivity index (χ0v) is 6.55. The van der Waals surface area contributed by atoms with Gasteiger partial charge < -0.3 is 0 Å². The first-order valence-corrected chi connectivity index (χ1v) is 3.99. The zero-order chi connectivity index (χ0) is 4.41. The molecule has 0 saturated carbocycles. The van der Waals surface area contributed by atoms with Gasteiger partial charge in [-0.15, -0.1) is 0 Å². The molecule has 3 radical (unpaired) electrons. The molecule has 1 nitrogen and oxygen atoms in total. The Balaban J connectivity index is 2.18. The van der Waals surface area contributed by atoms with Crippen molar-refractivity contribution in [2.75, 3.05) is 6.54 Å². The van der Waals surface area contributed by atoms with Crippen molar-refractivity contribution < 1.29 is 0 Å². The van der Waals surface area contributed by atoms with Gasteiger partial charge in [-0.1, -0.05) is 0 Å². The first-order valence-electron chi connectivity index (χ1n) is 2.34. The van der Waals surface area contributed by atoms with Crippen LogP contribution in [0.15, 0.2) is 0 Å². The second-order valence-corrected chi connectivity index (χ2v) is 3.64. The molecule has 1 heterocycles. The fourth-order valence-corrected chi connectivity index (χ4v) is 1.68. The first kappa shape index (κ1) is 4.91. The monoisotopic (exact) mass is 190 g/mol. The van der Waals surface area contributed by atoms with Crippen LogP contribution in [0.3, 0.4) is 0 Å². The van der Waals surface area contributed by atoms with Crippen molar-refractivity contribution in [2.24, 2.45) is 0 Å². The summed E-state index contributed by atoms with van der Waals surface area (Å²) in [5.74, 6) is 0. The van der Waals surface area contributed by atoms with E-state index in [1.165, 1.54) is 19.4 Å². The molecule has 0 aromatic heterocycles. The number of hydrogen-bond acceptors (Lipinski definition) is 1. The summed E-state index contributed by atoms with van der Waals surface area (Å²) in [7, 11) is 0. The topological polar surface area (TPSA) is 12.0 Å². The molecular formula is C4H8NSn. The molecule has 1 atom stereocenters. The Morgan fingerprint density at radius 1 is 1.67 bits per heavy atom. The van der Waals surface area contributed by atoms with E-state index in [0.717, 1.165) is 4.06 Å². The van der Waals surface area contributed by atoms with Crippen LogP contribution in [0.5, 0.6) is 0 Å². The van der Waals surface area contributed by atoms with Crippen molar-refractivity contribution in [1.82, 2.24) is 5.32 Å². The SMILES string of the molecule is [Sn][CH]1CCCN1. The normalized spacial score (nSPS) is 34.5. The second kappa shape index (κ2) is 2.17. The van der Waals surface area contributed by atoms with Crippen LogP contribution in [0.25, 0.3) is 0 Å². The van der Waals surface area contributed by atoms with Gasteiger partial charge in [-0.25, -0.2) is 0 Å². The Morgan fingerprint density at radius 2 is 2.50 bits per heavy atom. The Bertz CT molecular complexity index is 40.8. The summed E-state index contributed by atoms with van der Waals surface area (Å²) in [5, 5.41) is 3.36. The Morgan fingerprint density at radius 3 is 2.67 bits per heavy atom. The van der Waals surface area contributed by atoms with Crippen molar-refractivity contribution in [1.29, 1.82) is 0 Å². The van der Waals surface area contributed by atoms with Crippen LogP contribution < -0.4 is 5.32 Å². The standard InChI is InChI=1S/C4H8N.Sn/c1-2-4-5-3-1;/h3,5H,1-2,4H2;. The van der Waals surface area contributed by atoms with E-state index in [-0.39, 0.29) is 0 Å². The summed E-state index contributed by atoms with van der Waals surface area (Å²) < 4.78 is 0.886. The maximum absolute atomic E-state index is 3.36. The van der Waals surface area contributed by atoms with Crippen LogP contribution in [-0.4, -0.2) is 33.1 Å². The quantitative estimate of drug-likeness (QED) is 0.523. The third-order valence-electron chi connectivity index (χ3n) is 1.06. The van der Waals surface area contributed by atoms with Gasteiger partial charge in [0.2, 0.25) is 0 Å². The van der Waals surface area contributed by atoms with Crippen molar-refractivity contribution in [3.63, 3.8) is 0 Å². The average molecular weight is 189 g/mol. The van der Waals surface area contributed by atoms with E-state index in [1.54, 1.807) is 22.5 Å². The summed E-state index contributed by atoms with van der Waals surface area (Å²) in [6, 6.07) is 0. The summed E-state index contributed by atoms with van der Waals surface area (Å²) >= 11 is 1.65. The van der Waals surface area contributed by atoms with Crippen molar-refractivity contribution in [2.45, 2.75) is 16.9 Å². The molecule has 6 heavy (non-hydrogen) atoms. The molecule has 0 bridgehead atoms. The molecular weight excluding hydrogens is 181 g/mol. The fraction of sp³-hybridized carbons (Fsp3) is 1.00. The fourth-order valence-electron chi connectivity index (χ4n) is 0.685. The molecule has 33 valence electrons. The molecule has 1 aliphatic rings. The van der Waals surface area contributed by atoms with Crippen molar-refractivity contribution in [3.8, 4) is 0 Å². The molecule has 0 amide bonds. The molecule has 0 aromatic rings. The van der Waals surface area contributed by atoms with Gasteiger partial charge in [0, 0.05) is 0 Å². The molecule has 0 aliphatic carbocycles. The van der Waals surface area contributed by atoms with Gasteiger partial charge in [0.05, 0.1) is 0 Å². The van der Waals surface area contributed by atoms with Gasteiger partial charge >= 0.3 is 51.3 Å². The van der Waals surface area contributed by atoms with E-state index in [9.17, 15) is 0 Å². The van der Waals surface area contributed by atoms with Gasteiger partial charge in [-0.2, -0.15) is 0 Å². The summed E-state index contributed by atoms with van der Waals surface area (Å²) in [6.07, 6.45) is 2.81. The molecule has 1 saturated heterocycles. The van der Waals surface area contributed by atoms with Crippen LogP contribution >= 0.6 is 0 Å². The van der Waals surface area contributed by atoms with Gasteiger partial charge in [-0.3, -0.25) is 0 Å². The average Bonchev–Trinajstić information content (AvgIpc) is 1.86. The number of rotatable bonds is 0. The Labute approximate surface area is 51.6 Å². The molecule has 0 spiro atoms. The minimum absolute atomic E-state index is 0.886. The third-order valence-corrected chi connectivity index (χ3v) is 2.47. The van der Waals surface area contributed by atoms with Gasteiger partial charge in [-0.05, 0) is 0 Å². The van der Waals surface area contributed by atoms with Gasteiger partial charge in [0.15, 0.2) is 0 Å². The number of hydrogen-bond donors (Lipinski definition) is 1. The molecule has 1 N–H and O–H groups in total. The van der Waals surface area contributed by atoms with E-state index in [0.29, 0.717) is 0 Å². The Hall–Kier alpha value is 0.759. The van der Waals surface area contributed by atoms with E-state index in [2.05, 4.69) is 5.32 Å². The molecule has 2 heteroatoms. The second-order valence-electron chi connectivity index (χ2n) is 1.65. The van der Waals surface area contributed by atoms with E-state index < -0.39 is 0 Å². The number of nitrogens with one attached hydrogen (secondary N) is 1. The van der Waals surface area contributed by atoms with Crippen molar-refractivity contribution >= 4 is 22.5 Å². The van der Waals surface area contributed by atoms with Crippen LogP contribution in [0.4, 0.5) is 0 Å². The van der Waals surface area contributed by atoms with E-state index in [1.807, 2.05) is 0 Å².